The van der Waals surface area contributed by atoms with E-state index in [9.17, 15) is 0 Å². The molecular weight excluding hydrogens is 198 g/mol. The van der Waals surface area contributed by atoms with Crippen LogP contribution < -0.4 is 5.32 Å². The van der Waals surface area contributed by atoms with E-state index in [-0.39, 0.29) is 0 Å². The van der Waals surface area contributed by atoms with Gasteiger partial charge in [-0.2, -0.15) is 5.10 Å². The normalized spacial score (nSPS) is 10.4. The Hall–Kier alpha value is -1.77. The molecule has 1 heterocycles. The van der Waals surface area contributed by atoms with Gasteiger partial charge in [0.25, 0.3) is 0 Å². The minimum Gasteiger partial charge on any atom is -0.365 e. The van der Waals surface area contributed by atoms with E-state index in [0.29, 0.717) is 0 Å². The molecule has 0 fully saturated rings. The van der Waals surface area contributed by atoms with Crippen molar-refractivity contribution in [1.29, 1.82) is 0 Å². The van der Waals surface area contributed by atoms with E-state index in [1.807, 2.05) is 18.7 Å². The lowest BCUT2D eigenvalue weighted by atomic mass is 10.1. The summed E-state index contributed by atoms with van der Waals surface area (Å²) in [6.07, 6.45) is 0. The fourth-order valence-electron chi connectivity index (χ4n) is 1.64. The van der Waals surface area contributed by atoms with Crippen molar-refractivity contribution < 1.29 is 0 Å². The third kappa shape index (κ3) is 2.24. The zero-order valence-corrected chi connectivity index (χ0v) is 9.99. The SMILES string of the molecule is Cc1ccccc1CNc1cc(C)n(C)n1. The highest BCUT2D eigenvalue weighted by Crippen LogP contribution is 2.11. The molecular formula is C13H17N3. The predicted molar refractivity (Wildman–Crippen MR) is 66.5 cm³/mol. The summed E-state index contributed by atoms with van der Waals surface area (Å²) < 4.78 is 1.88. The van der Waals surface area contributed by atoms with Gasteiger partial charge >= 0.3 is 0 Å². The van der Waals surface area contributed by atoms with Crippen molar-refractivity contribution in [2.45, 2.75) is 20.4 Å². The van der Waals surface area contributed by atoms with E-state index in [2.05, 4.69) is 47.7 Å². The number of aryl methyl sites for hydroxylation is 3. The van der Waals surface area contributed by atoms with Crippen LogP contribution in [0.4, 0.5) is 5.82 Å². The van der Waals surface area contributed by atoms with Gasteiger partial charge in [-0.3, -0.25) is 4.68 Å². The van der Waals surface area contributed by atoms with Gasteiger partial charge in [-0.25, -0.2) is 0 Å². The summed E-state index contributed by atoms with van der Waals surface area (Å²) in [5, 5.41) is 7.69. The Morgan fingerprint density at radius 1 is 1.25 bits per heavy atom. The topological polar surface area (TPSA) is 29.9 Å². The molecule has 0 radical (unpaired) electrons. The van der Waals surface area contributed by atoms with E-state index in [1.54, 1.807) is 0 Å². The molecule has 3 heteroatoms. The van der Waals surface area contributed by atoms with E-state index >= 15 is 0 Å². The molecule has 1 N–H and O–H groups in total. The quantitative estimate of drug-likeness (QED) is 0.853. The molecule has 1 aromatic heterocycles. The van der Waals surface area contributed by atoms with E-state index in [1.165, 1.54) is 11.1 Å². The van der Waals surface area contributed by atoms with Crippen molar-refractivity contribution >= 4 is 5.82 Å². The van der Waals surface area contributed by atoms with Crippen molar-refractivity contribution in [2.75, 3.05) is 5.32 Å². The molecule has 3 nitrogen and oxygen atoms in total. The van der Waals surface area contributed by atoms with Crippen LogP contribution in [0.3, 0.4) is 0 Å². The second-order valence-electron chi connectivity index (χ2n) is 4.07. The Kier molecular flexibility index (Phi) is 2.95. The number of aromatic nitrogens is 2. The molecule has 16 heavy (non-hydrogen) atoms. The highest BCUT2D eigenvalue weighted by molar-refractivity contribution is 5.38. The second-order valence-corrected chi connectivity index (χ2v) is 4.07. The Balaban J connectivity index is 2.05. The van der Waals surface area contributed by atoms with Crippen molar-refractivity contribution in [2.24, 2.45) is 7.05 Å². The molecule has 0 atom stereocenters. The molecule has 2 aromatic rings. The predicted octanol–water partition coefficient (Wildman–Crippen LogP) is 2.65. The largest absolute Gasteiger partial charge is 0.365 e. The number of hydrogen-bond donors (Lipinski definition) is 1. The first-order chi connectivity index (χ1) is 7.66. The lowest BCUT2D eigenvalue weighted by Gasteiger charge is -2.05. The number of benzene rings is 1. The van der Waals surface area contributed by atoms with Gasteiger partial charge in [0.05, 0.1) is 0 Å². The lowest BCUT2D eigenvalue weighted by molar-refractivity contribution is 0.741. The molecule has 0 saturated carbocycles. The van der Waals surface area contributed by atoms with Gasteiger partial charge in [-0.1, -0.05) is 24.3 Å². The second kappa shape index (κ2) is 4.39. The van der Waals surface area contributed by atoms with Crippen LogP contribution in [-0.2, 0) is 13.6 Å². The highest BCUT2D eigenvalue weighted by atomic mass is 15.3. The Morgan fingerprint density at radius 2 is 2.00 bits per heavy atom. The van der Waals surface area contributed by atoms with Crippen LogP contribution in [0.1, 0.15) is 16.8 Å². The first-order valence-corrected chi connectivity index (χ1v) is 5.46. The van der Waals surface area contributed by atoms with Gasteiger partial charge in [0.2, 0.25) is 0 Å². The maximum absolute atomic E-state index is 4.36. The number of nitrogens with zero attached hydrogens (tertiary/aromatic N) is 2. The average molecular weight is 215 g/mol. The molecule has 0 unspecified atom stereocenters. The first kappa shape index (κ1) is 10.7. The van der Waals surface area contributed by atoms with Crippen molar-refractivity contribution in [3.8, 4) is 0 Å². The summed E-state index contributed by atoms with van der Waals surface area (Å²) in [5.74, 6) is 0.934. The summed E-state index contributed by atoms with van der Waals surface area (Å²) in [6, 6.07) is 10.4. The Bertz CT molecular complexity index is 466. The molecule has 2 rings (SSSR count). The van der Waals surface area contributed by atoms with Crippen molar-refractivity contribution in [1.82, 2.24) is 9.78 Å². The van der Waals surface area contributed by atoms with E-state index < -0.39 is 0 Å². The Morgan fingerprint density at radius 3 is 2.62 bits per heavy atom. The van der Waals surface area contributed by atoms with Crippen LogP contribution in [0.15, 0.2) is 30.3 Å². The molecule has 0 spiro atoms. The number of nitrogens with one attached hydrogen (secondary N) is 1. The molecule has 0 amide bonds. The zero-order chi connectivity index (χ0) is 11.5. The first-order valence-electron chi connectivity index (χ1n) is 5.46. The van der Waals surface area contributed by atoms with Crippen LogP contribution in [0.5, 0.6) is 0 Å². The smallest absolute Gasteiger partial charge is 0.148 e. The summed E-state index contributed by atoms with van der Waals surface area (Å²) in [4.78, 5) is 0. The summed E-state index contributed by atoms with van der Waals surface area (Å²) in [5.41, 5.74) is 3.78. The third-order valence-electron chi connectivity index (χ3n) is 2.83. The average Bonchev–Trinajstić information content (AvgIpc) is 2.57. The summed E-state index contributed by atoms with van der Waals surface area (Å²) >= 11 is 0. The van der Waals surface area contributed by atoms with Gasteiger partial charge in [0, 0.05) is 25.4 Å². The maximum Gasteiger partial charge on any atom is 0.148 e. The van der Waals surface area contributed by atoms with E-state index in [0.717, 1.165) is 18.1 Å². The number of hydrogen-bond acceptors (Lipinski definition) is 2. The van der Waals surface area contributed by atoms with Crippen LogP contribution in [0, 0.1) is 13.8 Å². The molecule has 0 aliphatic rings. The standard InChI is InChI=1S/C13H17N3/c1-10-6-4-5-7-12(10)9-14-13-8-11(2)16(3)15-13/h4-8H,9H2,1-3H3,(H,14,15). The molecule has 84 valence electrons. The van der Waals surface area contributed by atoms with E-state index in [4.69, 9.17) is 0 Å². The van der Waals surface area contributed by atoms with Gasteiger partial charge in [0.1, 0.15) is 5.82 Å². The molecule has 0 aliphatic heterocycles. The lowest BCUT2D eigenvalue weighted by Crippen LogP contribution is -2.02. The molecule has 0 aliphatic carbocycles. The zero-order valence-electron chi connectivity index (χ0n) is 9.99. The number of anilines is 1. The van der Waals surface area contributed by atoms with Crippen molar-refractivity contribution in [3.63, 3.8) is 0 Å². The van der Waals surface area contributed by atoms with Crippen molar-refractivity contribution in [3.05, 3.63) is 47.2 Å². The minimum atomic E-state index is 0.823. The molecule has 0 bridgehead atoms. The maximum atomic E-state index is 4.36. The fraction of sp³-hybridized carbons (Fsp3) is 0.308. The Labute approximate surface area is 96.1 Å². The monoisotopic (exact) mass is 215 g/mol. The molecule has 0 saturated heterocycles. The van der Waals surface area contributed by atoms with Crippen LogP contribution in [0.25, 0.3) is 0 Å². The van der Waals surface area contributed by atoms with Crippen LogP contribution in [0.2, 0.25) is 0 Å². The van der Waals surface area contributed by atoms with Gasteiger partial charge < -0.3 is 5.32 Å². The third-order valence-corrected chi connectivity index (χ3v) is 2.83. The number of rotatable bonds is 3. The van der Waals surface area contributed by atoms with Gasteiger partial charge in [-0.15, -0.1) is 0 Å². The summed E-state index contributed by atoms with van der Waals surface area (Å²) in [6.45, 7) is 5.00. The highest BCUT2D eigenvalue weighted by Gasteiger charge is 2.01. The summed E-state index contributed by atoms with van der Waals surface area (Å²) in [7, 11) is 1.95. The fourth-order valence-corrected chi connectivity index (χ4v) is 1.64. The molecule has 1 aromatic carbocycles. The van der Waals surface area contributed by atoms with Crippen LogP contribution in [-0.4, -0.2) is 9.78 Å². The minimum absolute atomic E-state index is 0.823. The van der Waals surface area contributed by atoms with Gasteiger partial charge in [0.15, 0.2) is 0 Å². The van der Waals surface area contributed by atoms with Gasteiger partial charge in [-0.05, 0) is 25.0 Å². The van der Waals surface area contributed by atoms with Crippen LogP contribution >= 0.6 is 0 Å².